The molecular weight excluding hydrogens is 576 g/mol. The average molecular weight is 606 g/mol. The summed E-state index contributed by atoms with van der Waals surface area (Å²) in [6.45, 7) is -0.391. The molecule has 0 atom stereocenters. The van der Waals surface area contributed by atoms with Crippen molar-refractivity contribution in [3.8, 4) is 11.5 Å². The Morgan fingerprint density at radius 2 is 1.40 bits per heavy atom. The van der Waals surface area contributed by atoms with Gasteiger partial charge in [-0.05, 0) is 72.3 Å². The van der Waals surface area contributed by atoms with Crippen LogP contribution in [-0.2, 0) is 14.8 Å². The predicted molar refractivity (Wildman–Crippen MR) is 159 cm³/mol. The maximum Gasteiger partial charge on any atom is 0.243 e. The van der Waals surface area contributed by atoms with Crippen molar-refractivity contribution in [2.45, 2.75) is 4.90 Å². The molecule has 0 radical (unpaired) electrons. The zero-order chi connectivity index (χ0) is 30.8. The minimum absolute atomic E-state index is 0.110. The van der Waals surface area contributed by atoms with Crippen molar-refractivity contribution in [2.75, 3.05) is 27.3 Å². The third-order valence-electron chi connectivity index (χ3n) is 6.35. The van der Waals surface area contributed by atoms with Crippen molar-refractivity contribution < 1.29 is 31.5 Å². The summed E-state index contributed by atoms with van der Waals surface area (Å²) in [4.78, 5) is 17.2. The highest BCUT2D eigenvalue weighted by Gasteiger charge is 2.34. The lowest BCUT2D eigenvalue weighted by atomic mass is 10.1. The molecule has 1 saturated heterocycles. The zero-order valence-corrected chi connectivity index (χ0v) is 24.2. The van der Waals surface area contributed by atoms with Crippen LogP contribution in [0.25, 0.3) is 12.2 Å². The van der Waals surface area contributed by atoms with E-state index in [1.165, 1.54) is 55.5 Å². The predicted octanol–water partition coefficient (Wildman–Crippen LogP) is 5.61. The molecule has 0 aliphatic carbocycles. The topological polar surface area (TPSA) is 89.0 Å². The Kier molecular flexibility index (Phi) is 10.4. The molecule has 2 heterocycles. The smallest absolute Gasteiger partial charge is 0.243 e. The Morgan fingerprint density at radius 3 is 1.91 bits per heavy atom. The third kappa shape index (κ3) is 7.91. The maximum atomic E-state index is 14.5. The van der Waals surface area contributed by atoms with Gasteiger partial charge in [0.2, 0.25) is 16.4 Å². The summed E-state index contributed by atoms with van der Waals surface area (Å²) in [5, 5.41) is 0. The highest BCUT2D eigenvalue weighted by molar-refractivity contribution is 7.89. The molecule has 0 spiro atoms. The van der Waals surface area contributed by atoms with Crippen molar-refractivity contribution in [3.05, 3.63) is 131 Å². The minimum Gasteiger partial charge on any atom is -0.497 e. The number of aromatic nitrogens is 1. The number of hydrogen-bond donors (Lipinski definition) is 0. The molecule has 4 aromatic rings. The molecule has 1 aliphatic rings. The lowest BCUT2D eigenvalue weighted by Gasteiger charge is -2.36. The van der Waals surface area contributed by atoms with E-state index in [0.717, 1.165) is 16.4 Å². The number of methoxy groups -OCH3 is 2. The molecule has 1 amide bonds. The van der Waals surface area contributed by atoms with Crippen LogP contribution in [0.2, 0.25) is 0 Å². The van der Waals surface area contributed by atoms with Gasteiger partial charge in [-0.2, -0.15) is 4.31 Å². The van der Waals surface area contributed by atoms with E-state index in [-0.39, 0.29) is 29.2 Å². The summed E-state index contributed by atoms with van der Waals surface area (Å²) >= 11 is 0. The monoisotopic (exact) mass is 605 g/mol. The second-order valence-electron chi connectivity index (χ2n) is 9.17. The van der Waals surface area contributed by atoms with Crippen molar-refractivity contribution in [1.29, 1.82) is 0 Å². The first kappa shape index (κ1) is 31.1. The first-order chi connectivity index (χ1) is 20.7. The van der Waals surface area contributed by atoms with Gasteiger partial charge in [-0.25, -0.2) is 17.2 Å². The van der Waals surface area contributed by atoms with Gasteiger partial charge in [0.25, 0.3) is 0 Å². The number of sulfonamides is 1. The van der Waals surface area contributed by atoms with E-state index in [4.69, 9.17) is 9.47 Å². The first-order valence-electron chi connectivity index (χ1n) is 13.0. The van der Waals surface area contributed by atoms with Crippen molar-refractivity contribution in [3.63, 3.8) is 0 Å². The molecule has 0 saturated carbocycles. The van der Waals surface area contributed by atoms with Crippen LogP contribution in [0, 0.1) is 11.6 Å². The molecule has 1 fully saturated rings. The molecule has 0 N–H and O–H groups in total. The van der Waals surface area contributed by atoms with Crippen LogP contribution in [0.5, 0.6) is 11.5 Å². The van der Waals surface area contributed by atoms with Crippen LogP contribution < -0.4 is 9.47 Å². The fourth-order valence-electron chi connectivity index (χ4n) is 4.23. The van der Waals surface area contributed by atoms with Crippen molar-refractivity contribution >= 4 is 28.6 Å². The summed E-state index contributed by atoms with van der Waals surface area (Å²) in [5.74, 6) is -0.102. The molecule has 3 aromatic carbocycles. The van der Waals surface area contributed by atoms with Crippen LogP contribution in [0.1, 0.15) is 11.1 Å². The standard InChI is InChI=1S/C27H24F2N2O5S.C5H5N/c1-35-24-12-19(13-25(15-24)36-2)11-22-16-30(37(33,34)26-9-7-21(28)8-10-26)17-23(31(22)18-32)14-20-5-3-4-6-27(20)29;1-2-4-6-5-3-1/h3-15,18H,16-17H2,1-2H3;1-5H. The number of hydrogen-bond acceptors (Lipinski definition) is 6. The second kappa shape index (κ2) is 14.3. The van der Waals surface area contributed by atoms with E-state index < -0.39 is 21.7 Å². The summed E-state index contributed by atoms with van der Waals surface area (Å²) < 4.78 is 66.7. The van der Waals surface area contributed by atoms with Gasteiger partial charge in [0.1, 0.15) is 23.1 Å². The lowest BCUT2D eigenvalue weighted by molar-refractivity contribution is -0.115. The highest BCUT2D eigenvalue weighted by atomic mass is 32.2. The number of benzene rings is 3. The summed E-state index contributed by atoms with van der Waals surface area (Å²) in [6.07, 6.45) is 7.11. The fourth-order valence-corrected chi connectivity index (χ4v) is 5.62. The number of rotatable bonds is 7. The number of piperazine rings is 1. The van der Waals surface area contributed by atoms with Crippen LogP contribution in [0.4, 0.5) is 8.78 Å². The SMILES string of the molecule is COc1cc(C=C2CN(S(=O)(=O)c3ccc(F)cc3)CC(=Cc3ccccc3F)N2C=O)cc(OC)c1.c1ccncc1. The number of carbonyl (C=O) groups excluding carboxylic acids is 1. The molecule has 5 rings (SSSR count). The Balaban J connectivity index is 0.000000628. The molecular formula is C32H29F2N3O5S. The molecule has 11 heteroatoms. The average Bonchev–Trinajstić information content (AvgIpc) is 3.03. The number of carbonyl (C=O) groups is 1. The Morgan fingerprint density at radius 1 is 0.791 bits per heavy atom. The summed E-state index contributed by atoms with van der Waals surface area (Å²) in [6, 6.07) is 21.2. The Labute approximate surface area is 249 Å². The van der Waals surface area contributed by atoms with Gasteiger partial charge < -0.3 is 9.47 Å². The van der Waals surface area contributed by atoms with Gasteiger partial charge in [-0.3, -0.25) is 14.7 Å². The Bertz CT molecular complexity index is 1660. The fraction of sp³-hybridized carbons (Fsp3) is 0.125. The van der Waals surface area contributed by atoms with Crippen molar-refractivity contribution in [1.82, 2.24) is 14.2 Å². The van der Waals surface area contributed by atoms with E-state index in [1.54, 1.807) is 42.7 Å². The molecule has 8 nitrogen and oxygen atoms in total. The largest absolute Gasteiger partial charge is 0.497 e. The number of halogens is 2. The number of pyridine rings is 1. The molecule has 1 aromatic heterocycles. The van der Waals surface area contributed by atoms with Crippen molar-refractivity contribution in [2.24, 2.45) is 0 Å². The summed E-state index contributed by atoms with van der Waals surface area (Å²) in [7, 11) is -1.10. The normalized spacial score (nSPS) is 15.5. The molecule has 1 aliphatic heterocycles. The van der Waals surface area contributed by atoms with Crippen LogP contribution in [0.3, 0.4) is 0 Å². The van der Waals surface area contributed by atoms with Gasteiger partial charge in [0.05, 0.1) is 32.2 Å². The number of amides is 1. The van der Waals surface area contributed by atoms with Crippen LogP contribution >= 0.6 is 0 Å². The van der Waals surface area contributed by atoms with Gasteiger partial charge in [-0.15, -0.1) is 0 Å². The Hall–Kier alpha value is -4.87. The van der Waals surface area contributed by atoms with Gasteiger partial charge in [0, 0.05) is 35.4 Å². The van der Waals surface area contributed by atoms with Gasteiger partial charge in [0.15, 0.2) is 0 Å². The van der Waals surface area contributed by atoms with E-state index in [2.05, 4.69) is 4.98 Å². The summed E-state index contributed by atoms with van der Waals surface area (Å²) in [5.41, 5.74) is 1.32. The van der Waals surface area contributed by atoms with Crippen LogP contribution in [0.15, 0.2) is 114 Å². The number of ether oxygens (including phenoxy) is 2. The van der Waals surface area contributed by atoms with Gasteiger partial charge in [-0.1, -0.05) is 24.3 Å². The minimum atomic E-state index is -4.10. The van der Waals surface area contributed by atoms with E-state index in [1.807, 2.05) is 18.2 Å². The zero-order valence-electron chi connectivity index (χ0n) is 23.4. The molecule has 0 unspecified atom stereocenters. The van der Waals surface area contributed by atoms with E-state index >= 15 is 0 Å². The third-order valence-corrected chi connectivity index (χ3v) is 8.16. The van der Waals surface area contributed by atoms with E-state index in [0.29, 0.717) is 29.2 Å². The quantitative estimate of drug-likeness (QED) is 0.255. The first-order valence-corrected chi connectivity index (χ1v) is 14.4. The van der Waals surface area contributed by atoms with Gasteiger partial charge >= 0.3 is 0 Å². The molecule has 43 heavy (non-hydrogen) atoms. The molecule has 222 valence electrons. The van der Waals surface area contributed by atoms with E-state index in [9.17, 15) is 22.0 Å². The lowest BCUT2D eigenvalue weighted by Crippen LogP contribution is -2.45. The number of nitrogens with zero attached hydrogens (tertiary/aromatic N) is 3. The highest BCUT2D eigenvalue weighted by Crippen LogP contribution is 2.31. The van der Waals surface area contributed by atoms with Crippen LogP contribution in [-0.4, -0.2) is 56.3 Å². The second-order valence-corrected chi connectivity index (χ2v) is 11.1. The maximum absolute atomic E-state index is 14.5. The molecule has 0 bridgehead atoms.